The zero-order valence-electron chi connectivity index (χ0n) is 11.7. The topological polar surface area (TPSA) is 32.3 Å². The van der Waals surface area contributed by atoms with Gasteiger partial charge in [-0.15, -0.1) is 0 Å². The van der Waals surface area contributed by atoms with Crippen molar-refractivity contribution in [3.8, 4) is 0 Å². The molecule has 2 fully saturated rings. The van der Waals surface area contributed by atoms with E-state index < -0.39 is 0 Å². The summed E-state index contributed by atoms with van der Waals surface area (Å²) in [5.41, 5.74) is 0. The number of hydrogen-bond donors (Lipinski definition) is 1. The van der Waals surface area contributed by atoms with Gasteiger partial charge in [0.2, 0.25) is 5.91 Å². The third-order valence-corrected chi connectivity index (χ3v) is 5.19. The summed E-state index contributed by atoms with van der Waals surface area (Å²) in [4.78, 5) is 14.3. The Labute approximate surface area is 115 Å². The lowest BCUT2D eigenvalue weighted by molar-refractivity contribution is -0.131. The van der Waals surface area contributed by atoms with Gasteiger partial charge in [-0.25, -0.2) is 0 Å². The number of nitrogens with zero attached hydrogens (tertiary/aromatic N) is 1. The van der Waals surface area contributed by atoms with Crippen molar-refractivity contribution in [3.63, 3.8) is 0 Å². The zero-order valence-corrected chi connectivity index (χ0v) is 12.5. The van der Waals surface area contributed by atoms with Gasteiger partial charge in [-0.1, -0.05) is 6.42 Å². The average Bonchev–Trinajstić information content (AvgIpc) is 2.36. The predicted octanol–water partition coefficient (Wildman–Crippen LogP) is 2.26. The number of hydrogen-bond acceptors (Lipinski definition) is 3. The Kier molecular flexibility index (Phi) is 4.96. The van der Waals surface area contributed by atoms with Crippen molar-refractivity contribution in [2.24, 2.45) is 0 Å². The van der Waals surface area contributed by atoms with Crippen LogP contribution in [0, 0.1) is 0 Å². The van der Waals surface area contributed by atoms with Crippen molar-refractivity contribution in [1.29, 1.82) is 0 Å². The van der Waals surface area contributed by atoms with Crippen molar-refractivity contribution in [1.82, 2.24) is 10.2 Å². The predicted molar refractivity (Wildman–Crippen MR) is 78.0 cm³/mol. The molecule has 2 rings (SSSR count). The summed E-state index contributed by atoms with van der Waals surface area (Å²) < 4.78 is 0.233. The smallest absolute Gasteiger partial charge is 0.222 e. The van der Waals surface area contributed by atoms with Crippen LogP contribution in [0.1, 0.15) is 46.0 Å². The van der Waals surface area contributed by atoms with Crippen LogP contribution in [-0.4, -0.2) is 47.0 Å². The summed E-state index contributed by atoms with van der Waals surface area (Å²) in [6.45, 7) is 7.45. The van der Waals surface area contributed by atoms with Crippen LogP contribution < -0.4 is 5.32 Å². The Balaban J connectivity index is 1.73. The fourth-order valence-electron chi connectivity index (χ4n) is 2.86. The maximum atomic E-state index is 12.2. The number of amides is 1. The normalized spacial score (nSPS) is 28.1. The third-order valence-electron chi connectivity index (χ3n) is 3.90. The van der Waals surface area contributed by atoms with Gasteiger partial charge in [0, 0.05) is 36.1 Å². The zero-order chi connectivity index (χ0) is 13.0. The van der Waals surface area contributed by atoms with E-state index in [1.807, 2.05) is 11.8 Å². The molecule has 0 spiro atoms. The SMILES string of the molecule is CC1(C)CN(C(=O)CCC2CCCCN2)CCS1. The van der Waals surface area contributed by atoms with Crippen molar-refractivity contribution in [2.75, 3.05) is 25.4 Å². The molecule has 2 saturated heterocycles. The second kappa shape index (κ2) is 6.29. The Hall–Kier alpha value is -0.220. The minimum atomic E-state index is 0.233. The van der Waals surface area contributed by atoms with Gasteiger partial charge in [0.15, 0.2) is 0 Å². The van der Waals surface area contributed by atoms with Crippen molar-refractivity contribution in [3.05, 3.63) is 0 Å². The molecule has 1 atom stereocenters. The highest BCUT2D eigenvalue weighted by molar-refractivity contribution is 8.00. The van der Waals surface area contributed by atoms with E-state index in [4.69, 9.17) is 0 Å². The van der Waals surface area contributed by atoms with Crippen molar-refractivity contribution >= 4 is 17.7 Å². The fourth-order valence-corrected chi connectivity index (χ4v) is 3.97. The van der Waals surface area contributed by atoms with Crippen molar-refractivity contribution in [2.45, 2.75) is 56.7 Å². The molecule has 4 heteroatoms. The fraction of sp³-hybridized carbons (Fsp3) is 0.929. The third kappa shape index (κ3) is 4.16. The lowest BCUT2D eigenvalue weighted by Crippen LogP contribution is -2.46. The molecule has 1 N–H and O–H groups in total. The summed E-state index contributed by atoms with van der Waals surface area (Å²) in [5, 5.41) is 3.52. The molecule has 104 valence electrons. The summed E-state index contributed by atoms with van der Waals surface area (Å²) in [7, 11) is 0. The standard InChI is InChI=1S/C14H26N2OS/c1-14(2)11-16(9-10-18-14)13(17)7-6-12-5-3-4-8-15-12/h12,15H,3-11H2,1-2H3. The first kappa shape index (κ1) is 14.2. The quantitative estimate of drug-likeness (QED) is 0.854. The molecule has 0 aromatic carbocycles. The molecule has 1 amide bonds. The first-order valence-corrected chi connectivity index (χ1v) is 8.20. The summed E-state index contributed by atoms with van der Waals surface area (Å²) in [6, 6.07) is 0.579. The second-order valence-corrected chi connectivity index (χ2v) is 7.91. The number of carbonyl (C=O) groups excluding carboxylic acids is 1. The van der Waals surface area contributed by atoms with Crippen LogP contribution in [0.2, 0.25) is 0 Å². The highest BCUT2D eigenvalue weighted by Gasteiger charge is 2.29. The van der Waals surface area contributed by atoms with Gasteiger partial charge in [-0.2, -0.15) is 11.8 Å². The van der Waals surface area contributed by atoms with Crippen LogP contribution in [0.25, 0.3) is 0 Å². The Bertz CT molecular complexity index is 288. The minimum Gasteiger partial charge on any atom is -0.341 e. The van der Waals surface area contributed by atoms with Gasteiger partial charge in [0.1, 0.15) is 0 Å². The lowest BCUT2D eigenvalue weighted by atomic mass is 10.00. The lowest BCUT2D eigenvalue weighted by Gasteiger charge is -2.37. The van der Waals surface area contributed by atoms with Crippen molar-refractivity contribution < 1.29 is 4.79 Å². The molecule has 3 nitrogen and oxygen atoms in total. The van der Waals surface area contributed by atoms with Gasteiger partial charge in [0.25, 0.3) is 0 Å². The molecule has 2 heterocycles. The Morgan fingerprint density at radius 3 is 2.94 bits per heavy atom. The summed E-state index contributed by atoms with van der Waals surface area (Å²) >= 11 is 1.98. The number of rotatable bonds is 3. The highest BCUT2D eigenvalue weighted by atomic mass is 32.2. The van der Waals surface area contributed by atoms with Crippen LogP contribution in [-0.2, 0) is 4.79 Å². The van der Waals surface area contributed by atoms with Crippen LogP contribution in [0.5, 0.6) is 0 Å². The molecule has 1 unspecified atom stereocenters. The van der Waals surface area contributed by atoms with Crippen LogP contribution in [0.15, 0.2) is 0 Å². The molecule has 18 heavy (non-hydrogen) atoms. The van der Waals surface area contributed by atoms with E-state index in [0.717, 1.165) is 38.2 Å². The maximum absolute atomic E-state index is 12.2. The first-order valence-electron chi connectivity index (χ1n) is 7.22. The number of nitrogens with one attached hydrogen (secondary N) is 1. The molecule has 2 aliphatic heterocycles. The molecule has 0 aromatic rings. The van der Waals surface area contributed by atoms with Gasteiger partial charge in [-0.3, -0.25) is 4.79 Å². The van der Waals surface area contributed by atoms with E-state index in [-0.39, 0.29) is 4.75 Å². The largest absolute Gasteiger partial charge is 0.341 e. The molecule has 0 aliphatic carbocycles. The molecule has 0 bridgehead atoms. The Morgan fingerprint density at radius 2 is 2.28 bits per heavy atom. The Morgan fingerprint density at radius 1 is 1.44 bits per heavy atom. The van der Waals surface area contributed by atoms with Gasteiger partial charge >= 0.3 is 0 Å². The van der Waals surface area contributed by atoms with E-state index >= 15 is 0 Å². The summed E-state index contributed by atoms with van der Waals surface area (Å²) in [6.07, 6.45) is 5.59. The minimum absolute atomic E-state index is 0.233. The van der Waals surface area contributed by atoms with E-state index in [1.165, 1.54) is 19.3 Å². The van der Waals surface area contributed by atoms with Crippen LogP contribution in [0.4, 0.5) is 0 Å². The van der Waals surface area contributed by atoms with E-state index in [1.54, 1.807) is 0 Å². The van der Waals surface area contributed by atoms with Gasteiger partial charge < -0.3 is 10.2 Å². The molecule has 0 radical (unpaired) electrons. The second-order valence-electron chi connectivity index (χ2n) is 6.11. The monoisotopic (exact) mass is 270 g/mol. The average molecular weight is 270 g/mol. The van der Waals surface area contributed by atoms with Crippen LogP contribution in [0.3, 0.4) is 0 Å². The van der Waals surface area contributed by atoms with Gasteiger partial charge in [-0.05, 0) is 39.7 Å². The number of thioether (sulfide) groups is 1. The number of piperidine rings is 1. The molecule has 0 aromatic heterocycles. The highest BCUT2D eigenvalue weighted by Crippen LogP contribution is 2.29. The summed E-state index contributed by atoms with van der Waals surface area (Å²) in [5.74, 6) is 1.44. The molecular weight excluding hydrogens is 244 g/mol. The maximum Gasteiger partial charge on any atom is 0.222 e. The van der Waals surface area contributed by atoms with Crippen LogP contribution >= 0.6 is 11.8 Å². The van der Waals surface area contributed by atoms with E-state index in [2.05, 4.69) is 24.1 Å². The molecule has 0 saturated carbocycles. The van der Waals surface area contributed by atoms with E-state index in [9.17, 15) is 4.79 Å². The number of carbonyl (C=O) groups is 1. The first-order chi connectivity index (χ1) is 8.57. The molecule has 2 aliphatic rings. The van der Waals surface area contributed by atoms with E-state index in [0.29, 0.717) is 11.9 Å². The molecular formula is C14H26N2OS. The van der Waals surface area contributed by atoms with Gasteiger partial charge in [0.05, 0.1) is 0 Å².